The minimum atomic E-state index is -0.0492. The van der Waals surface area contributed by atoms with E-state index in [-0.39, 0.29) is 27.4 Å². The molecule has 23 heavy (non-hydrogen) atoms. The summed E-state index contributed by atoms with van der Waals surface area (Å²) in [6.45, 7) is 1.74. The Morgan fingerprint density at radius 1 is 1.00 bits per heavy atom. The van der Waals surface area contributed by atoms with E-state index in [9.17, 15) is 0 Å². The molecule has 0 saturated heterocycles. The quantitative estimate of drug-likeness (QED) is 0.224. The number of benzene rings is 1. The first-order valence-corrected chi connectivity index (χ1v) is 7.13. The molecule has 1 aromatic carbocycles. The van der Waals surface area contributed by atoms with Crippen molar-refractivity contribution in [3.05, 3.63) is 29.8 Å². The van der Waals surface area contributed by atoms with Gasteiger partial charge >= 0.3 is 17.1 Å². The Morgan fingerprint density at radius 3 is 2.09 bits per heavy atom. The van der Waals surface area contributed by atoms with Crippen molar-refractivity contribution < 1.29 is 17.1 Å². The van der Waals surface area contributed by atoms with Gasteiger partial charge in [-0.25, -0.2) is 0 Å². The number of nitrogens with zero attached hydrogens (tertiary/aromatic N) is 4. The SMILES string of the molecule is CN/C([S-])=N/N=C(/C(C)=N/N=C(/N)[S-])c1ccc(NC)cc1.[Cu+2]. The molecule has 127 valence electrons. The Labute approximate surface area is 157 Å². The summed E-state index contributed by atoms with van der Waals surface area (Å²) in [7, 11) is 3.52. The molecule has 1 rings (SSSR count). The molecule has 0 fully saturated rings. The van der Waals surface area contributed by atoms with E-state index < -0.39 is 0 Å². The zero-order chi connectivity index (χ0) is 16.5. The molecule has 0 saturated carbocycles. The molecule has 1 radical (unpaired) electrons. The summed E-state index contributed by atoms with van der Waals surface area (Å²) >= 11 is 9.63. The minimum Gasteiger partial charge on any atom is -0.741 e. The van der Waals surface area contributed by atoms with Gasteiger partial charge in [0, 0.05) is 25.3 Å². The number of nitrogens with one attached hydrogen (secondary N) is 2. The third-order valence-corrected chi connectivity index (χ3v) is 2.91. The first-order chi connectivity index (χ1) is 10.5. The van der Waals surface area contributed by atoms with Crippen LogP contribution in [-0.2, 0) is 42.3 Å². The molecule has 7 nitrogen and oxygen atoms in total. The molecular weight excluding hydrogens is 382 g/mol. The summed E-state index contributed by atoms with van der Waals surface area (Å²) in [5, 5.41) is 21.7. The molecule has 0 aliphatic carbocycles. The van der Waals surface area contributed by atoms with Crippen LogP contribution in [0.1, 0.15) is 12.5 Å². The fourth-order valence-corrected chi connectivity index (χ4v) is 1.53. The van der Waals surface area contributed by atoms with Gasteiger partial charge in [0.2, 0.25) is 0 Å². The van der Waals surface area contributed by atoms with Gasteiger partial charge in [-0.2, -0.15) is 15.3 Å². The zero-order valence-corrected chi connectivity index (χ0v) is 15.4. The average Bonchev–Trinajstić information content (AvgIpc) is 2.53. The molecule has 0 aliphatic heterocycles. The van der Waals surface area contributed by atoms with Crippen molar-refractivity contribution in [3.63, 3.8) is 0 Å². The molecule has 0 bridgehead atoms. The molecule has 0 amide bonds. The van der Waals surface area contributed by atoms with E-state index in [1.54, 1.807) is 14.0 Å². The fourth-order valence-electron chi connectivity index (χ4n) is 1.45. The molecular formula is C13H17CuN7S2. The smallest absolute Gasteiger partial charge is 0.741 e. The first-order valence-electron chi connectivity index (χ1n) is 6.31. The third kappa shape index (κ3) is 7.38. The van der Waals surface area contributed by atoms with Crippen molar-refractivity contribution in [3.8, 4) is 0 Å². The molecule has 0 spiro atoms. The Balaban J connectivity index is 0.00000484. The van der Waals surface area contributed by atoms with E-state index >= 15 is 0 Å². The van der Waals surface area contributed by atoms with E-state index in [4.69, 9.17) is 18.4 Å². The van der Waals surface area contributed by atoms with Gasteiger partial charge in [-0.05, 0) is 29.4 Å². The predicted octanol–water partition coefficient (Wildman–Crippen LogP) is 0.790. The van der Waals surface area contributed by atoms with Gasteiger partial charge in [0.1, 0.15) is 5.71 Å². The molecule has 0 aliphatic rings. The van der Waals surface area contributed by atoms with Crippen molar-refractivity contribution in [2.45, 2.75) is 6.92 Å². The molecule has 0 unspecified atom stereocenters. The third-order valence-electron chi connectivity index (χ3n) is 2.54. The van der Waals surface area contributed by atoms with Crippen LogP contribution >= 0.6 is 0 Å². The fraction of sp³-hybridized carbons (Fsp3) is 0.231. The molecule has 1 aromatic rings. The Morgan fingerprint density at radius 2 is 1.61 bits per heavy atom. The van der Waals surface area contributed by atoms with Gasteiger partial charge in [-0.15, -0.1) is 5.10 Å². The van der Waals surface area contributed by atoms with Crippen LogP contribution in [0.25, 0.3) is 0 Å². The van der Waals surface area contributed by atoms with Gasteiger partial charge in [0.25, 0.3) is 0 Å². The predicted molar refractivity (Wildman–Crippen MR) is 98.5 cm³/mol. The standard InChI is InChI=1S/C13H19N7S2.Cu/c1-8(17-19-12(14)21)11(18-20-13(22)16-3)9-4-6-10(15-2)7-5-9;/h4-7,15H,1-3H3,(H3,14,19,21)(H2,16,20,22);/q;+2/p-2/b17-8+,18-11-;. The summed E-state index contributed by atoms with van der Waals surface area (Å²) in [4.78, 5) is 0. The number of nitrogens with two attached hydrogens (primary N) is 1. The minimum absolute atomic E-state index is 0. The molecule has 0 atom stereocenters. The number of hydrogen-bond donors (Lipinski definition) is 3. The topological polar surface area (TPSA) is 99.5 Å². The van der Waals surface area contributed by atoms with Crippen LogP contribution in [0, 0.1) is 0 Å². The maximum atomic E-state index is 5.32. The summed E-state index contributed by atoms with van der Waals surface area (Å²) in [5.74, 6) is 0. The van der Waals surface area contributed by atoms with E-state index in [1.165, 1.54) is 0 Å². The summed E-state index contributed by atoms with van der Waals surface area (Å²) < 4.78 is 0. The zero-order valence-electron chi connectivity index (χ0n) is 12.8. The largest absolute Gasteiger partial charge is 2.00 e. The van der Waals surface area contributed by atoms with Crippen LogP contribution in [0.3, 0.4) is 0 Å². The monoisotopic (exact) mass is 398 g/mol. The van der Waals surface area contributed by atoms with Crippen molar-refractivity contribution in [2.75, 3.05) is 19.4 Å². The number of anilines is 1. The summed E-state index contributed by atoms with van der Waals surface area (Å²) in [6, 6.07) is 7.61. The molecule has 10 heteroatoms. The molecule has 4 N–H and O–H groups in total. The van der Waals surface area contributed by atoms with E-state index in [0.29, 0.717) is 11.4 Å². The van der Waals surface area contributed by atoms with E-state index in [1.807, 2.05) is 31.3 Å². The van der Waals surface area contributed by atoms with Crippen molar-refractivity contribution >= 4 is 52.7 Å². The van der Waals surface area contributed by atoms with Gasteiger partial charge < -0.3 is 41.6 Å². The maximum absolute atomic E-state index is 5.32. The Hall–Kier alpha value is -1.74. The van der Waals surface area contributed by atoms with Crippen LogP contribution in [0.5, 0.6) is 0 Å². The Bertz CT molecular complexity index is 620. The molecule has 0 heterocycles. The average molecular weight is 399 g/mol. The van der Waals surface area contributed by atoms with Gasteiger partial charge in [0.15, 0.2) is 0 Å². The van der Waals surface area contributed by atoms with Gasteiger partial charge in [-0.1, -0.05) is 12.1 Å². The van der Waals surface area contributed by atoms with Crippen LogP contribution in [0.4, 0.5) is 5.69 Å². The summed E-state index contributed by atoms with van der Waals surface area (Å²) in [5.41, 5.74) is 8.17. The number of hydrogen-bond acceptors (Lipinski definition) is 7. The first kappa shape index (κ1) is 21.3. The van der Waals surface area contributed by atoms with E-state index in [0.717, 1.165) is 11.3 Å². The maximum Gasteiger partial charge on any atom is 2.00 e. The second-order valence-corrected chi connectivity index (χ2v) is 4.86. The van der Waals surface area contributed by atoms with Crippen LogP contribution in [0.15, 0.2) is 44.7 Å². The number of amidine groups is 2. The van der Waals surface area contributed by atoms with Crippen molar-refractivity contribution in [1.82, 2.24) is 5.32 Å². The number of rotatable bonds is 5. The molecule has 0 aromatic heterocycles. The Kier molecular flexibility index (Phi) is 10.1. The van der Waals surface area contributed by atoms with Crippen LogP contribution in [0.2, 0.25) is 0 Å². The summed E-state index contributed by atoms with van der Waals surface area (Å²) in [6.07, 6.45) is 0. The van der Waals surface area contributed by atoms with E-state index in [2.05, 4.69) is 43.7 Å². The van der Waals surface area contributed by atoms with Crippen molar-refractivity contribution in [2.24, 2.45) is 26.1 Å². The second-order valence-electron chi connectivity index (χ2n) is 4.05. The second kappa shape index (κ2) is 10.9. The van der Waals surface area contributed by atoms with Crippen LogP contribution < -0.4 is 16.4 Å². The normalized spacial score (nSPS) is 13.3. The van der Waals surface area contributed by atoms with Gasteiger partial charge in [-0.3, -0.25) is 0 Å². The van der Waals surface area contributed by atoms with Gasteiger partial charge in [0.05, 0.1) is 5.71 Å². The van der Waals surface area contributed by atoms with Crippen molar-refractivity contribution in [1.29, 1.82) is 0 Å². The van der Waals surface area contributed by atoms with Crippen LogP contribution in [-0.4, -0.2) is 35.9 Å².